The molecule has 5 nitrogen and oxygen atoms in total. The molecule has 1 fully saturated rings. The number of piperazine rings is 1. The van der Waals surface area contributed by atoms with E-state index in [9.17, 15) is 4.79 Å². The van der Waals surface area contributed by atoms with E-state index >= 15 is 0 Å². The first-order valence-electron chi connectivity index (χ1n) is 6.85. The molecule has 0 saturated carbocycles. The van der Waals surface area contributed by atoms with Crippen molar-refractivity contribution in [3.63, 3.8) is 0 Å². The van der Waals surface area contributed by atoms with Gasteiger partial charge in [0.25, 0.3) is 0 Å². The maximum Gasteiger partial charge on any atom is 0.303 e. The van der Waals surface area contributed by atoms with Gasteiger partial charge in [0.2, 0.25) is 0 Å². The van der Waals surface area contributed by atoms with Crippen molar-refractivity contribution < 1.29 is 9.90 Å². The van der Waals surface area contributed by atoms with Crippen LogP contribution in [0.4, 0.5) is 5.69 Å². The normalized spacial score (nSPS) is 16.5. The van der Waals surface area contributed by atoms with E-state index in [4.69, 9.17) is 5.11 Å². The molecule has 2 heterocycles. The monoisotopic (exact) mass is 263 g/mol. The fourth-order valence-electron chi connectivity index (χ4n) is 2.40. The summed E-state index contributed by atoms with van der Waals surface area (Å²) in [6, 6.07) is 4.09. The third-order valence-electron chi connectivity index (χ3n) is 3.52. The number of carbonyl (C=O) groups is 1. The number of carboxylic acid groups (broad SMARTS) is 1. The van der Waals surface area contributed by atoms with Crippen molar-refractivity contribution in [3.05, 3.63) is 24.5 Å². The van der Waals surface area contributed by atoms with Crippen LogP contribution < -0.4 is 4.90 Å². The van der Waals surface area contributed by atoms with Gasteiger partial charge in [-0.3, -0.25) is 14.7 Å². The zero-order chi connectivity index (χ0) is 13.5. The van der Waals surface area contributed by atoms with Crippen molar-refractivity contribution in [1.82, 2.24) is 9.88 Å². The Morgan fingerprint density at radius 1 is 1.16 bits per heavy atom. The number of aromatic nitrogens is 1. The SMILES string of the molecule is O=C(O)CCCCN1CCN(c2ccncc2)CC1. The molecule has 0 aromatic carbocycles. The van der Waals surface area contributed by atoms with E-state index in [1.165, 1.54) is 5.69 Å². The van der Waals surface area contributed by atoms with E-state index in [0.29, 0.717) is 0 Å². The topological polar surface area (TPSA) is 56.7 Å². The van der Waals surface area contributed by atoms with Crippen molar-refractivity contribution in [2.75, 3.05) is 37.6 Å². The predicted molar refractivity (Wildman–Crippen MR) is 74.4 cm³/mol. The zero-order valence-electron chi connectivity index (χ0n) is 11.2. The number of hydrogen-bond donors (Lipinski definition) is 1. The largest absolute Gasteiger partial charge is 0.481 e. The van der Waals surface area contributed by atoms with Gasteiger partial charge in [0, 0.05) is 50.7 Å². The molecule has 0 spiro atoms. The highest BCUT2D eigenvalue weighted by atomic mass is 16.4. The van der Waals surface area contributed by atoms with Crippen LogP contribution in [-0.2, 0) is 4.79 Å². The van der Waals surface area contributed by atoms with Crippen LogP contribution in [0.2, 0.25) is 0 Å². The van der Waals surface area contributed by atoms with Crippen molar-refractivity contribution in [1.29, 1.82) is 0 Å². The van der Waals surface area contributed by atoms with Gasteiger partial charge in [0.15, 0.2) is 0 Å². The van der Waals surface area contributed by atoms with E-state index in [-0.39, 0.29) is 6.42 Å². The lowest BCUT2D eigenvalue weighted by Gasteiger charge is -2.36. The summed E-state index contributed by atoms with van der Waals surface area (Å²) >= 11 is 0. The Morgan fingerprint density at radius 3 is 2.47 bits per heavy atom. The fourth-order valence-corrected chi connectivity index (χ4v) is 2.40. The molecule has 1 aliphatic heterocycles. The van der Waals surface area contributed by atoms with E-state index in [1.807, 2.05) is 24.5 Å². The molecule has 0 amide bonds. The summed E-state index contributed by atoms with van der Waals surface area (Å²) < 4.78 is 0. The van der Waals surface area contributed by atoms with Crippen LogP contribution in [0.5, 0.6) is 0 Å². The van der Waals surface area contributed by atoms with Crippen LogP contribution in [0, 0.1) is 0 Å². The summed E-state index contributed by atoms with van der Waals surface area (Å²) in [6.07, 6.45) is 5.69. The van der Waals surface area contributed by atoms with Crippen LogP contribution in [0.15, 0.2) is 24.5 Å². The Labute approximate surface area is 113 Å². The van der Waals surface area contributed by atoms with Crippen LogP contribution in [-0.4, -0.2) is 53.7 Å². The molecule has 104 valence electrons. The molecule has 0 atom stereocenters. The first-order chi connectivity index (χ1) is 9.25. The standard InChI is InChI=1S/C14H21N3O2/c18-14(19)3-1-2-8-16-9-11-17(12-10-16)13-4-6-15-7-5-13/h4-7H,1-3,8-12H2,(H,18,19). The first-order valence-corrected chi connectivity index (χ1v) is 6.85. The van der Waals surface area contributed by atoms with Gasteiger partial charge in [-0.2, -0.15) is 0 Å². The van der Waals surface area contributed by atoms with Crippen LogP contribution in [0.3, 0.4) is 0 Å². The van der Waals surface area contributed by atoms with Gasteiger partial charge in [0.05, 0.1) is 0 Å². The Hall–Kier alpha value is -1.62. The maximum atomic E-state index is 10.4. The van der Waals surface area contributed by atoms with Crippen LogP contribution in [0.1, 0.15) is 19.3 Å². The lowest BCUT2D eigenvalue weighted by molar-refractivity contribution is -0.137. The van der Waals surface area contributed by atoms with Crippen molar-refractivity contribution in [2.24, 2.45) is 0 Å². The molecule has 19 heavy (non-hydrogen) atoms. The van der Waals surface area contributed by atoms with Crippen LogP contribution in [0.25, 0.3) is 0 Å². The molecule has 0 radical (unpaired) electrons. The van der Waals surface area contributed by atoms with Gasteiger partial charge in [-0.15, -0.1) is 0 Å². The summed E-state index contributed by atoms with van der Waals surface area (Å²) in [6.45, 7) is 5.17. The highest BCUT2D eigenvalue weighted by Gasteiger charge is 2.16. The van der Waals surface area contributed by atoms with E-state index in [2.05, 4.69) is 14.8 Å². The number of anilines is 1. The predicted octanol–water partition coefficient (Wildman–Crippen LogP) is 1.46. The third-order valence-corrected chi connectivity index (χ3v) is 3.52. The van der Waals surface area contributed by atoms with Gasteiger partial charge >= 0.3 is 5.97 Å². The number of carboxylic acids is 1. The molecule has 1 aliphatic rings. The van der Waals surface area contributed by atoms with E-state index in [0.717, 1.165) is 45.6 Å². The molecule has 1 aromatic heterocycles. The van der Waals surface area contributed by atoms with Crippen molar-refractivity contribution in [2.45, 2.75) is 19.3 Å². The minimum atomic E-state index is -0.692. The molecular formula is C14H21N3O2. The molecule has 1 N–H and O–H groups in total. The summed E-state index contributed by atoms with van der Waals surface area (Å²) in [5, 5.41) is 8.59. The Morgan fingerprint density at radius 2 is 1.84 bits per heavy atom. The molecular weight excluding hydrogens is 242 g/mol. The lowest BCUT2D eigenvalue weighted by Crippen LogP contribution is -2.46. The van der Waals surface area contributed by atoms with Gasteiger partial charge in [-0.25, -0.2) is 0 Å². The number of rotatable bonds is 6. The molecule has 1 aromatic rings. The highest BCUT2D eigenvalue weighted by Crippen LogP contribution is 2.14. The van der Waals surface area contributed by atoms with Gasteiger partial charge in [-0.1, -0.05) is 0 Å². The quantitative estimate of drug-likeness (QED) is 0.787. The third kappa shape index (κ3) is 4.52. The maximum absolute atomic E-state index is 10.4. The number of hydrogen-bond acceptors (Lipinski definition) is 4. The molecule has 5 heteroatoms. The minimum Gasteiger partial charge on any atom is -0.481 e. The summed E-state index contributed by atoms with van der Waals surface area (Å²) in [7, 11) is 0. The Bertz CT molecular complexity index is 389. The van der Waals surface area contributed by atoms with Crippen molar-refractivity contribution >= 4 is 11.7 Å². The molecule has 2 rings (SSSR count). The second-order valence-corrected chi connectivity index (χ2v) is 4.88. The number of pyridine rings is 1. The van der Waals surface area contributed by atoms with Crippen molar-refractivity contribution in [3.8, 4) is 0 Å². The Balaban J connectivity index is 1.67. The average Bonchev–Trinajstić information content (AvgIpc) is 2.45. The number of aliphatic carboxylic acids is 1. The number of nitrogens with zero attached hydrogens (tertiary/aromatic N) is 3. The Kier molecular flexibility index (Phi) is 5.15. The van der Waals surface area contributed by atoms with Crippen LogP contribution >= 0.6 is 0 Å². The first kappa shape index (κ1) is 13.8. The van der Waals surface area contributed by atoms with Gasteiger partial charge in [-0.05, 0) is 31.5 Å². The highest BCUT2D eigenvalue weighted by molar-refractivity contribution is 5.66. The molecule has 0 aliphatic carbocycles. The molecule has 1 saturated heterocycles. The summed E-state index contributed by atoms with van der Waals surface area (Å²) in [4.78, 5) is 19.2. The lowest BCUT2D eigenvalue weighted by atomic mass is 10.2. The second kappa shape index (κ2) is 7.09. The zero-order valence-corrected chi connectivity index (χ0v) is 11.2. The van der Waals surface area contributed by atoms with Gasteiger partial charge < -0.3 is 10.0 Å². The fraction of sp³-hybridized carbons (Fsp3) is 0.571. The molecule has 0 unspecified atom stereocenters. The van der Waals surface area contributed by atoms with Gasteiger partial charge in [0.1, 0.15) is 0 Å². The minimum absolute atomic E-state index is 0.289. The summed E-state index contributed by atoms with van der Waals surface area (Å²) in [5.74, 6) is -0.692. The smallest absolute Gasteiger partial charge is 0.303 e. The van der Waals surface area contributed by atoms with E-state index < -0.39 is 5.97 Å². The summed E-state index contributed by atoms with van der Waals surface area (Å²) in [5.41, 5.74) is 1.24. The average molecular weight is 263 g/mol. The van der Waals surface area contributed by atoms with E-state index in [1.54, 1.807) is 0 Å². The molecule has 0 bridgehead atoms. The second-order valence-electron chi connectivity index (χ2n) is 4.88. The number of unbranched alkanes of at least 4 members (excludes halogenated alkanes) is 1.